The lowest BCUT2D eigenvalue weighted by Crippen LogP contribution is -2.01. The molecule has 0 aliphatic heterocycles. The predicted molar refractivity (Wildman–Crippen MR) is 181 cm³/mol. The molecule has 44 heavy (non-hydrogen) atoms. The van der Waals surface area contributed by atoms with Gasteiger partial charge in [0, 0.05) is 22.7 Å². The highest BCUT2D eigenvalue weighted by Crippen LogP contribution is 2.36. The number of aromatic nitrogens is 4. The zero-order chi connectivity index (χ0) is 29.0. The Balaban J connectivity index is 1.31. The fourth-order valence-electron chi connectivity index (χ4n) is 6.40. The van der Waals surface area contributed by atoms with Gasteiger partial charge in [-0.25, -0.2) is 15.0 Å². The van der Waals surface area contributed by atoms with Crippen LogP contribution in [0.5, 0.6) is 0 Å². The maximum absolute atomic E-state index is 5.11. The molecule has 0 saturated carbocycles. The van der Waals surface area contributed by atoms with E-state index in [9.17, 15) is 0 Å². The molecule has 2 heterocycles. The van der Waals surface area contributed by atoms with Gasteiger partial charge in [0.05, 0.1) is 0 Å². The van der Waals surface area contributed by atoms with Crippen molar-refractivity contribution in [3.63, 3.8) is 0 Å². The summed E-state index contributed by atoms with van der Waals surface area (Å²) in [7, 11) is 0. The van der Waals surface area contributed by atoms with Gasteiger partial charge in [-0.3, -0.25) is 4.98 Å². The minimum absolute atomic E-state index is 0.547. The van der Waals surface area contributed by atoms with E-state index in [2.05, 4.69) is 109 Å². The Bertz CT molecular complexity index is 2560. The standard InChI is InChI=1S/C40H24N4/c1-2-11-26(12-3-1)38-42-39(36-22-27-13-5-7-15-30(27)31-16-8-9-17-32(31)36)44-40(43-38)37-23-35-28(24-41-37)19-21-33-29-14-6-4-10-25(29)18-20-34(33)35/h1-24H. The van der Waals surface area contributed by atoms with Crippen molar-refractivity contribution < 1.29 is 0 Å². The van der Waals surface area contributed by atoms with E-state index >= 15 is 0 Å². The molecule has 9 aromatic rings. The molecule has 4 nitrogen and oxygen atoms in total. The molecule has 0 spiro atoms. The summed E-state index contributed by atoms with van der Waals surface area (Å²) in [6.45, 7) is 0. The van der Waals surface area contributed by atoms with Crippen molar-refractivity contribution in [3.05, 3.63) is 146 Å². The van der Waals surface area contributed by atoms with Crippen molar-refractivity contribution in [1.82, 2.24) is 19.9 Å². The fourth-order valence-corrected chi connectivity index (χ4v) is 6.40. The number of benzene rings is 7. The minimum Gasteiger partial charge on any atom is -0.252 e. The predicted octanol–water partition coefficient (Wildman–Crippen LogP) is 10.0. The third-order valence-corrected chi connectivity index (χ3v) is 8.53. The molecule has 0 bridgehead atoms. The van der Waals surface area contributed by atoms with Gasteiger partial charge in [0.1, 0.15) is 5.69 Å². The second-order valence-corrected chi connectivity index (χ2v) is 11.1. The Morgan fingerprint density at radius 3 is 1.73 bits per heavy atom. The van der Waals surface area contributed by atoms with Crippen LogP contribution in [0.25, 0.3) is 88.2 Å². The average molecular weight is 561 g/mol. The lowest BCUT2D eigenvalue weighted by molar-refractivity contribution is 1.06. The van der Waals surface area contributed by atoms with E-state index in [0.717, 1.165) is 32.7 Å². The zero-order valence-corrected chi connectivity index (χ0v) is 23.6. The number of nitrogens with zero attached hydrogens (tertiary/aromatic N) is 4. The maximum Gasteiger partial charge on any atom is 0.182 e. The van der Waals surface area contributed by atoms with Crippen molar-refractivity contribution in [2.24, 2.45) is 0 Å². The van der Waals surface area contributed by atoms with Crippen LogP contribution in [-0.4, -0.2) is 19.9 Å². The molecular weight excluding hydrogens is 536 g/mol. The van der Waals surface area contributed by atoms with Crippen molar-refractivity contribution in [2.45, 2.75) is 0 Å². The molecule has 0 saturated heterocycles. The summed E-state index contributed by atoms with van der Waals surface area (Å²) in [5.41, 5.74) is 2.61. The van der Waals surface area contributed by atoms with Crippen LogP contribution < -0.4 is 0 Å². The van der Waals surface area contributed by atoms with Gasteiger partial charge in [-0.2, -0.15) is 0 Å². The van der Waals surface area contributed by atoms with Crippen LogP contribution in [0.2, 0.25) is 0 Å². The molecule has 0 aliphatic carbocycles. The summed E-state index contributed by atoms with van der Waals surface area (Å²) in [6, 6.07) is 48.6. The van der Waals surface area contributed by atoms with Gasteiger partial charge in [0.2, 0.25) is 0 Å². The van der Waals surface area contributed by atoms with Crippen LogP contribution in [-0.2, 0) is 0 Å². The van der Waals surface area contributed by atoms with Crippen molar-refractivity contribution in [3.8, 4) is 34.3 Å². The highest BCUT2D eigenvalue weighted by Gasteiger charge is 2.17. The third kappa shape index (κ3) is 3.92. The van der Waals surface area contributed by atoms with Gasteiger partial charge in [-0.05, 0) is 60.6 Å². The number of hydrogen-bond donors (Lipinski definition) is 0. The van der Waals surface area contributed by atoms with Gasteiger partial charge in [-0.15, -0.1) is 0 Å². The van der Waals surface area contributed by atoms with Gasteiger partial charge in [-0.1, -0.05) is 127 Å². The Hall–Kier alpha value is -6.00. The zero-order valence-electron chi connectivity index (χ0n) is 23.6. The smallest absolute Gasteiger partial charge is 0.182 e. The van der Waals surface area contributed by atoms with Crippen molar-refractivity contribution >= 4 is 53.9 Å². The first-order valence-corrected chi connectivity index (χ1v) is 14.7. The highest BCUT2D eigenvalue weighted by atomic mass is 15.0. The molecule has 2 aromatic heterocycles. The molecule has 0 N–H and O–H groups in total. The first-order chi connectivity index (χ1) is 21.8. The molecule has 0 aliphatic rings. The molecule has 4 heteroatoms. The first kappa shape index (κ1) is 24.6. The average Bonchev–Trinajstić information content (AvgIpc) is 3.11. The van der Waals surface area contributed by atoms with Crippen molar-refractivity contribution in [2.75, 3.05) is 0 Å². The largest absolute Gasteiger partial charge is 0.252 e. The van der Waals surface area contributed by atoms with Gasteiger partial charge >= 0.3 is 0 Å². The number of rotatable bonds is 3. The Labute approximate surface area is 253 Å². The van der Waals surface area contributed by atoms with E-state index in [1.54, 1.807) is 0 Å². The Kier molecular flexibility index (Phi) is 5.47. The topological polar surface area (TPSA) is 51.6 Å². The van der Waals surface area contributed by atoms with Crippen molar-refractivity contribution in [1.29, 1.82) is 0 Å². The second kappa shape index (κ2) is 9.79. The fraction of sp³-hybridized carbons (Fsp3) is 0. The summed E-state index contributed by atoms with van der Waals surface area (Å²) in [5, 5.41) is 11.7. The number of fused-ring (bicyclic) bond motifs is 8. The summed E-state index contributed by atoms with van der Waals surface area (Å²) in [5.74, 6) is 1.79. The van der Waals surface area contributed by atoms with E-state index in [4.69, 9.17) is 19.9 Å². The quantitative estimate of drug-likeness (QED) is 0.202. The summed E-state index contributed by atoms with van der Waals surface area (Å²) >= 11 is 0. The molecule has 0 radical (unpaired) electrons. The van der Waals surface area contributed by atoms with E-state index in [1.807, 2.05) is 36.5 Å². The summed E-state index contributed by atoms with van der Waals surface area (Å²) in [6.07, 6.45) is 1.93. The van der Waals surface area contributed by atoms with E-state index in [1.165, 1.54) is 32.3 Å². The molecule has 0 atom stereocenters. The van der Waals surface area contributed by atoms with Gasteiger partial charge in [0.15, 0.2) is 17.5 Å². The molecule has 204 valence electrons. The van der Waals surface area contributed by atoms with Crippen LogP contribution in [0.1, 0.15) is 0 Å². The lowest BCUT2D eigenvalue weighted by Gasteiger charge is -2.13. The number of pyridine rings is 1. The second-order valence-electron chi connectivity index (χ2n) is 11.1. The molecule has 0 unspecified atom stereocenters. The monoisotopic (exact) mass is 560 g/mol. The van der Waals surface area contributed by atoms with E-state index < -0.39 is 0 Å². The molecular formula is C40H24N4. The molecule has 0 amide bonds. The lowest BCUT2D eigenvalue weighted by atomic mass is 9.96. The third-order valence-electron chi connectivity index (χ3n) is 8.53. The van der Waals surface area contributed by atoms with Gasteiger partial charge < -0.3 is 0 Å². The SMILES string of the molecule is c1ccc(-c2nc(-c3cc4c(ccc5c6ccccc6ccc45)cn3)nc(-c3cc4ccccc4c4ccccc34)n2)cc1. The number of hydrogen-bond acceptors (Lipinski definition) is 4. The van der Waals surface area contributed by atoms with Crippen LogP contribution in [0.3, 0.4) is 0 Å². The Morgan fingerprint density at radius 1 is 0.341 bits per heavy atom. The minimum atomic E-state index is 0.547. The molecule has 9 rings (SSSR count). The summed E-state index contributed by atoms with van der Waals surface area (Å²) in [4.78, 5) is 20.0. The normalized spacial score (nSPS) is 11.6. The highest BCUT2D eigenvalue weighted by molar-refractivity contribution is 6.17. The maximum atomic E-state index is 5.11. The van der Waals surface area contributed by atoms with Gasteiger partial charge in [0.25, 0.3) is 0 Å². The first-order valence-electron chi connectivity index (χ1n) is 14.7. The van der Waals surface area contributed by atoms with E-state index in [0.29, 0.717) is 23.2 Å². The Morgan fingerprint density at radius 2 is 0.909 bits per heavy atom. The van der Waals surface area contributed by atoms with E-state index in [-0.39, 0.29) is 0 Å². The molecule has 0 fully saturated rings. The molecule has 7 aromatic carbocycles. The summed E-state index contributed by atoms with van der Waals surface area (Å²) < 4.78 is 0. The van der Waals surface area contributed by atoms with Crippen LogP contribution in [0.15, 0.2) is 146 Å². The van der Waals surface area contributed by atoms with Crippen LogP contribution in [0, 0.1) is 0 Å². The van der Waals surface area contributed by atoms with Crippen LogP contribution in [0.4, 0.5) is 0 Å². The van der Waals surface area contributed by atoms with Crippen LogP contribution >= 0.6 is 0 Å².